The van der Waals surface area contributed by atoms with Crippen molar-refractivity contribution in [1.29, 1.82) is 0 Å². The lowest BCUT2D eigenvalue weighted by Crippen LogP contribution is -2.19. The largest absolute Gasteiger partial charge is 0.409 e. The third-order valence-electron chi connectivity index (χ3n) is 2.84. The summed E-state index contributed by atoms with van der Waals surface area (Å²) >= 11 is 0. The average molecular weight is 269 g/mol. The van der Waals surface area contributed by atoms with E-state index in [1.807, 2.05) is 19.1 Å². The van der Waals surface area contributed by atoms with Crippen molar-refractivity contribution < 1.29 is 10.0 Å². The summed E-state index contributed by atoms with van der Waals surface area (Å²) in [6, 6.07) is 14.1. The van der Waals surface area contributed by atoms with E-state index in [2.05, 4.69) is 10.5 Å². The first kappa shape index (κ1) is 13.6. The molecular formula is C15H15N3O2. The van der Waals surface area contributed by atoms with Crippen molar-refractivity contribution in [1.82, 2.24) is 0 Å². The molecule has 2 aromatic carbocycles. The minimum absolute atomic E-state index is 0.0508. The molecule has 4 N–H and O–H groups in total. The number of nitrogens with one attached hydrogen (secondary N) is 1. The highest BCUT2D eigenvalue weighted by Crippen LogP contribution is 2.16. The van der Waals surface area contributed by atoms with E-state index in [0.717, 1.165) is 5.56 Å². The number of oxime groups is 1. The summed E-state index contributed by atoms with van der Waals surface area (Å²) in [5, 5.41) is 14.5. The molecule has 0 aliphatic heterocycles. The number of rotatable bonds is 3. The summed E-state index contributed by atoms with van der Waals surface area (Å²) in [7, 11) is 0. The molecule has 2 rings (SSSR count). The van der Waals surface area contributed by atoms with Gasteiger partial charge in [0.2, 0.25) is 0 Å². The molecule has 0 unspecified atom stereocenters. The lowest BCUT2D eigenvalue weighted by atomic mass is 10.1. The first-order valence-electron chi connectivity index (χ1n) is 6.07. The highest BCUT2D eigenvalue weighted by molar-refractivity contribution is 6.09. The SMILES string of the molecule is Cc1cccc(C(=O)Nc2ccccc2/C(N)=N/O)c1. The molecule has 5 nitrogen and oxygen atoms in total. The van der Waals surface area contributed by atoms with E-state index in [0.29, 0.717) is 16.8 Å². The van der Waals surface area contributed by atoms with Gasteiger partial charge in [-0.25, -0.2) is 0 Å². The van der Waals surface area contributed by atoms with E-state index in [4.69, 9.17) is 10.9 Å². The number of aryl methyl sites for hydroxylation is 1. The van der Waals surface area contributed by atoms with Crippen molar-refractivity contribution in [3.63, 3.8) is 0 Å². The Hall–Kier alpha value is -2.82. The Morgan fingerprint density at radius 1 is 1.20 bits per heavy atom. The van der Waals surface area contributed by atoms with Gasteiger partial charge in [-0.3, -0.25) is 4.79 Å². The molecule has 0 aliphatic rings. The Labute approximate surface area is 116 Å². The molecule has 0 fully saturated rings. The van der Waals surface area contributed by atoms with Crippen molar-refractivity contribution in [2.75, 3.05) is 5.32 Å². The van der Waals surface area contributed by atoms with Crippen LogP contribution in [0.5, 0.6) is 0 Å². The Morgan fingerprint density at radius 2 is 1.95 bits per heavy atom. The van der Waals surface area contributed by atoms with Gasteiger partial charge in [0.15, 0.2) is 5.84 Å². The zero-order valence-corrected chi connectivity index (χ0v) is 11.0. The number of nitrogens with zero attached hydrogens (tertiary/aromatic N) is 1. The van der Waals surface area contributed by atoms with Gasteiger partial charge in [0, 0.05) is 11.1 Å². The quantitative estimate of drug-likeness (QED) is 0.346. The Morgan fingerprint density at radius 3 is 2.65 bits per heavy atom. The summed E-state index contributed by atoms with van der Waals surface area (Å²) in [5.74, 6) is -0.294. The van der Waals surface area contributed by atoms with E-state index in [1.54, 1.807) is 36.4 Å². The zero-order valence-electron chi connectivity index (χ0n) is 11.0. The Bertz CT molecular complexity index is 666. The number of amidine groups is 1. The average Bonchev–Trinajstić information content (AvgIpc) is 2.47. The Kier molecular flexibility index (Phi) is 4.00. The second kappa shape index (κ2) is 5.88. The van der Waals surface area contributed by atoms with Crippen LogP contribution in [-0.4, -0.2) is 17.0 Å². The molecule has 0 aromatic heterocycles. The van der Waals surface area contributed by atoms with Crippen LogP contribution in [0, 0.1) is 6.92 Å². The Balaban J connectivity index is 2.29. The van der Waals surface area contributed by atoms with Crippen molar-refractivity contribution in [2.24, 2.45) is 10.9 Å². The van der Waals surface area contributed by atoms with Crippen LogP contribution in [0.15, 0.2) is 53.7 Å². The fraction of sp³-hybridized carbons (Fsp3) is 0.0667. The lowest BCUT2D eigenvalue weighted by Gasteiger charge is -2.10. The van der Waals surface area contributed by atoms with Gasteiger partial charge in [-0.05, 0) is 31.2 Å². The highest BCUT2D eigenvalue weighted by atomic mass is 16.4. The van der Waals surface area contributed by atoms with Crippen molar-refractivity contribution >= 4 is 17.4 Å². The molecule has 0 bridgehead atoms. The molecule has 1 amide bonds. The molecule has 0 saturated heterocycles. The zero-order chi connectivity index (χ0) is 14.5. The van der Waals surface area contributed by atoms with Gasteiger partial charge in [-0.1, -0.05) is 35.0 Å². The number of carbonyl (C=O) groups excluding carboxylic acids is 1. The molecule has 5 heteroatoms. The van der Waals surface area contributed by atoms with Crippen LogP contribution in [0.3, 0.4) is 0 Å². The predicted octanol–water partition coefficient (Wildman–Crippen LogP) is 2.34. The number of anilines is 1. The maximum atomic E-state index is 12.2. The minimum Gasteiger partial charge on any atom is -0.409 e. The standard InChI is InChI=1S/C15H15N3O2/c1-10-5-4-6-11(9-10)15(19)17-13-8-3-2-7-12(13)14(16)18-20/h2-9,20H,1H3,(H2,16,18)(H,17,19). The van der Waals surface area contributed by atoms with Crippen LogP contribution >= 0.6 is 0 Å². The normalized spacial score (nSPS) is 11.2. The monoisotopic (exact) mass is 269 g/mol. The predicted molar refractivity (Wildman–Crippen MR) is 78.1 cm³/mol. The van der Waals surface area contributed by atoms with Crippen molar-refractivity contribution in [3.8, 4) is 0 Å². The minimum atomic E-state index is -0.244. The summed E-state index contributed by atoms with van der Waals surface area (Å²) in [6.07, 6.45) is 0. The summed E-state index contributed by atoms with van der Waals surface area (Å²) < 4.78 is 0. The van der Waals surface area contributed by atoms with Gasteiger partial charge in [0.25, 0.3) is 5.91 Å². The third kappa shape index (κ3) is 2.95. The summed E-state index contributed by atoms with van der Waals surface area (Å²) in [5.41, 5.74) is 8.10. The number of hydrogen-bond donors (Lipinski definition) is 3. The fourth-order valence-corrected chi connectivity index (χ4v) is 1.85. The number of carbonyl (C=O) groups is 1. The highest BCUT2D eigenvalue weighted by Gasteiger charge is 2.11. The molecule has 0 heterocycles. The smallest absolute Gasteiger partial charge is 0.255 e. The topological polar surface area (TPSA) is 87.7 Å². The van der Waals surface area contributed by atoms with Gasteiger partial charge in [-0.15, -0.1) is 0 Å². The van der Waals surface area contributed by atoms with Crippen molar-refractivity contribution in [3.05, 3.63) is 65.2 Å². The number of nitrogens with two attached hydrogens (primary N) is 1. The number of hydrogen-bond acceptors (Lipinski definition) is 3. The van der Waals surface area contributed by atoms with Crippen molar-refractivity contribution in [2.45, 2.75) is 6.92 Å². The molecule has 0 aliphatic carbocycles. The molecule has 0 radical (unpaired) electrons. The van der Waals surface area contributed by atoms with Crippen LogP contribution in [0.4, 0.5) is 5.69 Å². The van der Waals surface area contributed by atoms with Crippen LogP contribution in [-0.2, 0) is 0 Å². The number of benzene rings is 2. The number of para-hydroxylation sites is 1. The van der Waals surface area contributed by atoms with E-state index in [-0.39, 0.29) is 11.7 Å². The first-order chi connectivity index (χ1) is 9.61. The molecule has 0 spiro atoms. The lowest BCUT2D eigenvalue weighted by molar-refractivity contribution is 0.102. The van der Waals surface area contributed by atoms with Gasteiger partial charge in [0.05, 0.1) is 5.69 Å². The fourth-order valence-electron chi connectivity index (χ4n) is 1.85. The molecule has 102 valence electrons. The molecule has 20 heavy (non-hydrogen) atoms. The first-order valence-corrected chi connectivity index (χ1v) is 6.07. The number of amides is 1. The van der Waals surface area contributed by atoms with Gasteiger partial charge >= 0.3 is 0 Å². The maximum Gasteiger partial charge on any atom is 0.255 e. The second-order valence-electron chi connectivity index (χ2n) is 4.35. The van der Waals surface area contributed by atoms with Crippen LogP contribution in [0.1, 0.15) is 21.5 Å². The second-order valence-corrected chi connectivity index (χ2v) is 4.35. The maximum absolute atomic E-state index is 12.2. The van der Waals surface area contributed by atoms with E-state index >= 15 is 0 Å². The van der Waals surface area contributed by atoms with Gasteiger partial charge in [0.1, 0.15) is 0 Å². The van der Waals surface area contributed by atoms with E-state index in [1.165, 1.54) is 0 Å². The van der Waals surface area contributed by atoms with Gasteiger partial charge < -0.3 is 16.3 Å². The van der Waals surface area contributed by atoms with Gasteiger partial charge in [-0.2, -0.15) is 0 Å². The molecule has 2 aromatic rings. The third-order valence-corrected chi connectivity index (χ3v) is 2.84. The molecule has 0 atom stereocenters. The van der Waals surface area contributed by atoms with E-state index < -0.39 is 0 Å². The molecule has 0 saturated carbocycles. The van der Waals surface area contributed by atoms with Crippen LogP contribution in [0.25, 0.3) is 0 Å². The summed E-state index contributed by atoms with van der Waals surface area (Å²) in [6.45, 7) is 1.92. The van der Waals surface area contributed by atoms with E-state index in [9.17, 15) is 4.79 Å². The van der Waals surface area contributed by atoms with Crippen LogP contribution in [0.2, 0.25) is 0 Å². The van der Waals surface area contributed by atoms with Crippen LogP contribution < -0.4 is 11.1 Å². The summed E-state index contributed by atoms with van der Waals surface area (Å²) in [4.78, 5) is 12.2. The molecular weight excluding hydrogens is 254 g/mol.